The molecule has 0 radical (unpaired) electrons. The van der Waals surface area contributed by atoms with Gasteiger partial charge in [0.1, 0.15) is 0 Å². The number of fused-ring (bicyclic) bond motifs is 4. The molecule has 17 nitrogen and oxygen atoms in total. The van der Waals surface area contributed by atoms with Gasteiger partial charge in [-0.3, -0.25) is 18.5 Å². The van der Waals surface area contributed by atoms with Crippen LogP contribution in [-0.4, -0.2) is 96.6 Å². The SMILES string of the molecule is CC(CCCS(=O)(=O)O)([C](=[Ni])/C=C/C=C/C=C1/N(CCCCCC(=O)O)c2ccc3c(S(=O)(=O)O)cc(S(=O)(=O)O)cc3c2C1(C)CCCS(=O)(=O)O)c1cccc2cc(C(=O)O)ccc12. The van der Waals surface area contributed by atoms with Crippen LogP contribution in [0.4, 0.5) is 5.69 Å². The summed E-state index contributed by atoms with van der Waals surface area (Å²) in [5.41, 5.74) is -0.265. The van der Waals surface area contributed by atoms with E-state index in [2.05, 4.69) is 0 Å². The van der Waals surface area contributed by atoms with Crippen LogP contribution < -0.4 is 4.90 Å². The molecular formula is C44H49NNiO16S4. The van der Waals surface area contributed by atoms with E-state index in [9.17, 15) is 71.7 Å². The molecule has 1 aliphatic rings. The molecule has 22 heteroatoms. The molecule has 0 amide bonds. The van der Waals surface area contributed by atoms with Gasteiger partial charge < -0.3 is 5.11 Å². The van der Waals surface area contributed by atoms with Crippen molar-refractivity contribution in [2.24, 2.45) is 0 Å². The molecule has 0 saturated carbocycles. The predicted molar refractivity (Wildman–Crippen MR) is 245 cm³/mol. The summed E-state index contributed by atoms with van der Waals surface area (Å²) in [4.78, 5) is 23.2. The van der Waals surface area contributed by atoms with E-state index in [1.807, 2.05) is 17.9 Å². The Labute approximate surface area is 390 Å². The first-order valence-electron chi connectivity index (χ1n) is 20.3. The summed E-state index contributed by atoms with van der Waals surface area (Å²) >= 11 is 5.56. The maximum absolute atomic E-state index is 12.7. The fourth-order valence-electron chi connectivity index (χ4n) is 8.59. The number of aromatic carboxylic acids is 1. The molecule has 5 rings (SSSR count). The zero-order chi connectivity index (χ0) is 49.0. The zero-order valence-electron chi connectivity index (χ0n) is 35.6. The number of aliphatic carboxylic acids is 1. The Kier molecular flexibility index (Phi) is 16.1. The summed E-state index contributed by atoms with van der Waals surface area (Å²) in [5, 5.41) is 20.0. The predicted octanol–water partition coefficient (Wildman–Crippen LogP) is 6.92. The molecule has 0 bridgehead atoms. The van der Waals surface area contributed by atoms with Crippen molar-refractivity contribution in [3.05, 3.63) is 113 Å². The number of rotatable bonds is 22. The van der Waals surface area contributed by atoms with Gasteiger partial charge in [-0.15, -0.1) is 0 Å². The number of hydrogen-bond donors (Lipinski definition) is 6. The van der Waals surface area contributed by atoms with Crippen molar-refractivity contribution in [3.63, 3.8) is 0 Å². The molecule has 1 heterocycles. The van der Waals surface area contributed by atoms with Crippen molar-refractivity contribution in [3.8, 4) is 0 Å². The standard InChI is InChI=1S/C44H49NO16S4.Ni/c1-43(22-11-25-62(50,51)52,36-14-10-13-30-27-31(42(48)49)17-18-33(30)36)21-8-4-3-6-15-39-44(2,23-12-26-63(53,54)55)41-35-28-32(64(56,57)58)29-38(65(59,60)61)34(35)19-20-37(41)45(39)24-9-5-7-16-40(46)47;/h3-4,6,8,10,13-15,17-20,27-29H,5,7,9,11-12,16,22-26H2,1-2H3,(H,46,47)(H,48,49)(H,50,51,52)(H,53,54,55)(H,56,57,58)(H,59,60,61);/b6-3+,8-4+,39-15+;. The second kappa shape index (κ2) is 20.3. The van der Waals surface area contributed by atoms with E-state index < -0.39 is 84.5 Å². The van der Waals surface area contributed by atoms with Gasteiger partial charge in [-0.25, -0.2) is 0 Å². The number of anilines is 1. The number of allylic oxidation sites excluding steroid dienone is 6. The van der Waals surface area contributed by atoms with Crippen molar-refractivity contribution in [1.29, 1.82) is 0 Å². The monoisotopic (exact) mass is 1030 g/mol. The van der Waals surface area contributed by atoms with Crippen molar-refractivity contribution in [2.45, 2.75) is 85.8 Å². The van der Waals surface area contributed by atoms with Crippen molar-refractivity contribution < 1.29 is 86.7 Å². The minimum absolute atomic E-state index is 0.000461. The molecule has 2 unspecified atom stereocenters. The molecule has 1 aliphatic heterocycles. The Morgan fingerprint density at radius 1 is 0.742 bits per heavy atom. The first kappa shape index (κ1) is 52.3. The molecule has 0 aromatic heterocycles. The number of carboxylic acid groups (broad SMARTS) is 2. The normalized spacial score (nSPS) is 17.6. The molecule has 0 aliphatic carbocycles. The van der Waals surface area contributed by atoms with Gasteiger partial charge in [0.15, 0.2) is 0 Å². The van der Waals surface area contributed by atoms with E-state index >= 15 is 0 Å². The van der Waals surface area contributed by atoms with Crippen LogP contribution in [0.25, 0.3) is 21.5 Å². The van der Waals surface area contributed by atoms with Gasteiger partial charge in [-0.1, -0.05) is 0 Å². The Bertz CT molecular complexity index is 3150. The average Bonchev–Trinajstić information content (AvgIpc) is 3.43. The number of carboxylic acids is 2. The molecule has 66 heavy (non-hydrogen) atoms. The van der Waals surface area contributed by atoms with Crippen LogP contribution in [0.2, 0.25) is 0 Å². The molecule has 360 valence electrons. The molecular weight excluding hydrogens is 985 g/mol. The van der Waals surface area contributed by atoms with Gasteiger partial charge in [-0.05, 0) is 6.07 Å². The van der Waals surface area contributed by atoms with Gasteiger partial charge >= 0.3 is 312 Å². The van der Waals surface area contributed by atoms with Crippen molar-refractivity contribution >= 4 is 84.1 Å². The first-order valence-corrected chi connectivity index (χ1v) is 26.9. The Morgan fingerprint density at radius 2 is 1.41 bits per heavy atom. The fourth-order valence-corrected chi connectivity index (χ4v) is 11.3. The third kappa shape index (κ3) is 12.5. The van der Waals surface area contributed by atoms with Gasteiger partial charge in [0, 0.05) is 6.42 Å². The second-order valence-electron chi connectivity index (χ2n) is 16.4. The molecule has 6 N–H and O–H groups in total. The van der Waals surface area contributed by atoms with E-state index in [0.717, 1.165) is 6.07 Å². The first-order chi connectivity index (χ1) is 30.6. The molecule has 4 aromatic rings. The van der Waals surface area contributed by atoms with Gasteiger partial charge in [-0.2, -0.15) is 25.3 Å². The summed E-state index contributed by atoms with van der Waals surface area (Å²) < 4.78 is 138. The van der Waals surface area contributed by atoms with Gasteiger partial charge in [0.25, 0.3) is 20.2 Å². The number of unbranched alkanes of at least 4 members (excludes halogenated alkanes) is 2. The summed E-state index contributed by atoms with van der Waals surface area (Å²) in [5.74, 6) is -3.31. The Morgan fingerprint density at radius 3 is 2.03 bits per heavy atom. The summed E-state index contributed by atoms with van der Waals surface area (Å²) in [7, 11) is -18.9. The van der Waals surface area contributed by atoms with Crippen LogP contribution in [0.1, 0.15) is 86.7 Å². The molecule has 2 atom stereocenters. The maximum atomic E-state index is 12.7. The zero-order valence-corrected chi connectivity index (χ0v) is 39.9. The molecule has 0 saturated heterocycles. The third-order valence-corrected chi connectivity index (χ3v) is 15.7. The van der Waals surface area contributed by atoms with Gasteiger partial charge in [0.2, 0.25) is 0 Å². The number of carbonyl (C=O) groups is 2. The second-order valence-corrected chi connectivity index (χ2v) is 22.9. The van der Waals surface area contributed by atoms with Crippen LogP contribution >= 0.6 is 0 Å². The minimum atomic E-state index is -5.09. The number of hydrogen-bond acceptors (Lipinski definition) is 11. The topological polar surface area (TPSA) is 295 Å². The van der Waals surface area contributed by atoms with Crippen LogP contribution in [0.15, 0.2) is 107 Å². The molecule has 4 aromatic carbocycles. The van der Waals surface area contributed by atoms with E-state index in [4.69, 9.17) is 15.0 Å². The summed E-state index contributed by atoms with van der Waals surface area (Å²) in [6.45, 7) is 3.78. The number of benzene rings is 4. The van der Waals surface area contributed by atoms with Crippen LogP contribution in [0, 0.1) is 0 Å². The van der Waals surface area contributed by atoms with Crippen LogP contribution in [-0.2, 0) is 71.1 Å². The van der Waals surface area contributed by atoms with Crippen molar-refractivity contribution in [2.75, 3.05) is 23.0 Å². The number of nitrogens with zero attached hydrogens (tertiary/aromatic N) is 1. The Balaban J connectivity index is 1.65. The van der Waals surface area contributed by atoms with Crippen LogP contribution in [0.3, 0.4) is 0 Å². The van der Waals surface area contributed by atoms with E-state index in [1.54, 1.807) is 61.6 Å². The molecule has 0 spiro atoms. The summed E-state index contributed by atoms with van der Waals surface area (Å²) in [6.07, 6.45) is 9.44. The van der Waals surface area contributed by atoms with E-state index in [1.165, 1.54) is 18.2 Å². The Hall–Kier alpha value is -4.64. The quantitative estimate of drug-likeness (QED) is 0.0201. The van der Waals surface area contributed by atoms with Crippen LogP contribution in [0.5, 0.6) is 0 Å². The summed E-state index contributed by atoms with van der Waals surface area (Å²) in [6, 6.07) is 14.5. The third-order valence-electron chi connectivity index (χ3n) is 11.7. The molecule has 0 fully saturated rings. The van der Waals surface area contributed by atoms with Gasteiger partial charge in [0.05, 0.1) is 0 Å². The van der Waals surface area contributed by atoms with E-state index in [0.29, 0.717) is 63.1 Å². The van der Waals surface area contributed by atoms with Crippen molar-refractivity contribution in [1.82, 2.24) is 0 Å². The average molecular weight is 1030 g/mol. The fraction of sp³-hybridized carbons (Fsp3) is 0.341. The van der Waals surface area contributed by atoms with E-state index in [-0.39, 0.29) is 55.0 Å².